The number of nitrogens with zero attached hydrogens (tertiary/aromatic N) is 1. The first kappa shape index (κ1) is 9.19. The molecule has 2 N–H and O–H groups in total. The quantitative estimate of drug-likeness (QED) is 0.690. The number of hydrogen-bond acceptors (Lipinski definition) is 3. The van der Waals surface area contributed by atoms with Crippen LogP contribution in [0.4, 0.5) is 11.4 Å². The summed E-state index contributed by atoms with van der Waals surface area (Å²) >= 11 is 0. The number of nitrogens with two attached hydrogens (primary N) is 1. The maximum atomic E-state index is 5.72. The number of nitrogen functional groups attached to an aromatic ring is 1. The smallest absolute Gasteiger partial charge is 0.144 e. The number of fused-ring (bicyclic) bond motifs is 1. The SMILES string of the molecule is CCN1CCCOc2cc(N)ccc21. The van der Waals surface area contributed by atoms with Gasteiger partial charge >= 0.3 is 0 Å². The molecule has 0 radical (unpaired) electrons. The Kier molecular flexibility index (Phi) is 2.48. The molecule has 1 aromatic carbocycles. The first-order valence-corrected chi connectivity index (χ1v) is 5.08. The van der Waals surface area contributed by atoms with Gasteiger partial charge in [-0.1, -0.05) is 0 Å². The molecule has 3 heteroatoms. The summed E-state index contributed by atoms with van der Waals surface area (Å²) in [5.74, 6) is 0.921. The predicted octanol–water partition coefficient (Wildman–Crippen LogP) is 1.88. The van der Waals surface area contributed by atoms with E-state index < -0.39 is 0 Å². The van der Waals surface area contributed by atoms with Crippen LogP contribution in [0.15, 0.2) is 18.2 Å². The second-order valence-electron chi connectivity index (χ2n) is 3.51. The lowest BCUT2D eigenvalue weighted by Crippen LogP contribution is -2.22. The fraction of sp³-hybridized carbons (Fsp3) is 0.455. The van der Waals surface area contributed by atoms with Crippen molar-refractivity contribution in [1.82, 2.24) is 0 Å². The average Bonchev–Trinajstić information content (AvgIpc) is 2.38. The molecule has 0 fully saturated rings. The molecule has 1 aromatic rings. The highest BCUT2D eigenvalue weighted by molar-refractivity contribution is 5.64. The Morgan fingerprint density at radius 3 is 3.14 bits per heavy atom. The minimum absolute atomic E-state index is 0.765. The molecule has 0 unspecified atom stereocenters. The second kappa shape index (κ2) is 3.78. The van der Waals surface area contributed by atoms with Gasteiger partial charge in [0.05, 0.1) is 12.3 Å². The van der Waals surface area contributed by atoms with Gasteiger partial charge in [0.15, 0.2) is 0 Å². The van der Waals surface area contributed by atoms with Gasteiger partial charge in [0, 0.05) is 24.8 Å². The van der Waals surface area contributed by atoms with Gasteiger partial charge < -0.3 is 15.4 Å². The summed E-state index contributed by atoms with van der Waals surface area (Å²) in [6.07, 6.45) is 1.07. The van der Waals surface area contributed by atoms with E-state index in [9.17, 15) is 0 Å². The fourth-order valence-corrected chi connectivity index (χ4v) is 1.79. The maximum Gasteiger partial charge on any atom is 0.144 e. The minimum atomic E-state index is 0.765. The number of benzene rings is 1. The molecule has 1 aliphatic rings. The third-order valence-electron chi connectivity index (χ3n) is 2.54. The van der Waals surface area contributed by atoms with Gasteiger partial charge in [0.25, 0.3) is 0 Å². The largest absolute Gasteiger partial charge is 0.491 e. The Balaban J connectivity index is 2.39. The highest BCUT2D eigenvalue weighted by Gasteiger charge is 2.14. The summed E-state index contributed by atoms with van der Waals surface area (Å²) in [6, 6.07) is 5.87. The van der Waals surface area contributed by atoms with Crippen LogP contribution in [-0.2, 0) is 0 Å². The summed E-state index contributed by atoms with van der Waals surface area (Å²) < 4.78 is 5.64. The Labute approximate surface area is 84.5 Å². The lowest BCUT2D eigenvalue weighted by Gasteiger charge is -2.21. The molecule has 0 bridgehead atoms. The Morgan fingerprint density at radius 1 is 1.50 bits per heavy atom. The zero-order valence-electron chi connectivity index (χ0n) is 8.49. The molecule has 0 atom stereocenters. The van der Waals surface area contributed by atoms with Gasteiger partial charge in [-0.15, -0.1) is 0 Å². The number of hydrogen-bond donors (Lipinski definition) is 1. The first-order valence-electron chi connectivity index (χ1n) is 5.08. The van der Waals surface area contributed by atoms with Crippen LogP contribution in [0, 0.1) is 0 Å². The van der Waals surface area contributed by atoms with Gasteiger partial charge in [-0.05, 0) is 25.5 Å². The standard InChI is InChI=1S/C11H16N2O/c1-2-13-6-3-7-14-11-8-9(12)4-5-10(11)13/h4-5,8H,2-3,6-7,12H2,1H3. The van der Waals surface area contributed by atoms with E-state index in [0.717, 1.165) is 37.6 Å². The number of rotatable bonds is 1. The molecule has 0 aromatic heterocycles. The third kappa shape index (κ3) is 1.62. The minimum Gasteiger partial charge on any atom is -0.491 e. The van der Waals surface area contributed by atoms with E-state index in [2.05, 4.69) is 11.8 Å². The van der Waals surface area contributed by atoms with Gasteiger partial charge in [-0.3, -0.25) is 0 Å². The van der Waals surface area contributed by atoms with Gasteiger partial charge in [-0.2, -0.15) is 0 Å². The molecule has 2 rings (SSSR count). The Morgan fingerprint density at radius 2 is 2.36 bits per heavy atom. The van der Waals surface area contributed by atoms with Crippen molar-refractivity contribution >= 4 is 11.4 Å². The first-order chi connectivity index (χ1) is 6.81. The van der Waals surface area contributed by atoms with E-state index in [4.69, 9.17) is 10.5 Å². The second-order valence-corrected chi connectivity index (χ2v) is 3.51. The van der Waals surface area contributed by atoms with Crippen LogP contribution in [0.1, 0.15) is 13.3 Å². The van der Waals surface area contributed by atoms with E-state index in [-0.39, 0.29) is 0 Å². The summed E-state index contributed by atoms with van der Waals surface area (Å²) in [6.45, 7) is 5.02. The van der Waals surface area contributed by atoms with E-state index in [1.54, 1.807) is 0 Å². The van der Waals surface area contributed by atoms with Crippen molar-refractivity contribution in [2.75, 3.05) is 30.3 Å². The van der Waals surface area contributed by atoms with Crippen LogP contribution >= 0.6 is 0 Å². The molecule has 76 valence electrons. The average molecular weight is 192 g/mol. The van der Waals surface area contributed by atoms with Crippen LogP contribution < -0.4 is 15.4 Å². The third-order valence-corrected chi connectivity index (χ3v) is 2.54. The zero-order chi connectivity index (χ0) is 9.97. The van der Waals surface area contributed by atoms with E-state index in [1.807, 2.05) is 18.2 Å². The van der Waals surface area contributed by atoms with Crippen molar-refractivity contribution in [2.24, 2.45) is 0 Å². The molecular weight excluding hydrogens is 176 g/mol. The summed E-state index contributed by atoms with van der Waals surface area (Å²) in [4.78, 5) is 2.32. The van der Waals surface area contributed by atoms with Crippen molar-refractivity contribution in [3.63, 3.8) is 0 Å². The van der Waals surface area contributed by atoms with Crippen molar-refractivity contribution in [2.45, 2.75) is 13.3 Å². The molecule has 0 spiro atoms. The number of anilines is 2. The summed E-state index contributed by atoms with van der Waals surface area (Å²) in [7, 11) is 0. The fourth-order valence-electron chi connectivity index (χ4n) is 1.79. The highest BCUT2D eigenvalue weighted by atomic mass is 16.5. The molecule has 1 aliphatic heterocycles. The predicted molar refractivity (Wildman–Crippen MR) is 58.9 cm³/mol. The van der Waals surface area contributed by atoms with Crippen molar-refractivity contribution < 1.29 is 4.74 Å². The van der Waals surface area contributed by atoms with E-state index in [0.29, 0.717) is 0 Å². The molecule has 1 heterocycles. The Bertz CT molecular complexity index is 325. The molecule has 0 saturated carbocycles. The van der Waals surface area contributed by atoms with Crippen LogP contribution in [0.2, 0.25) is 0 Å². The van der Waals surface area contributed by atoms with Crippen LogP contribution in [0.25, 0.3) is 0 Å². The summed E-state index contributed by atoms with van der Waals surface area (Å²) in [5.41, 5.74) is 7.65. The van der Waals surface area contributed by atoms with E-state index >= 15 is 0 Å². The molecule has 0 aliphatic carbocycles. The molecule has 0 saturated heterocycles. The normalized spacial score (nSPS) is 15.6. The van der Waals surface area contributed by atoms with Gasteiger partial charge in [0.2, 0.25) is 0 Å². The highest BCUT2D eigenvalue weighted by Crippen LogP contribution is 2.32. The van der Waals surface area contributed by atoms with Crippen LogP contribution in [-0.4, -0.2) is 19.7 Å². The molecule has 3 nitrogen and oxygen atoms in total. The monoisotopic (exact) mass is 192 g/mol. The number of ether oxygens (including phenoxy) is 1. The lowest BCUT2D eigenvalue weighted by atomic mass is 10.2. The topological polar surface area (TPSA) is 38.5 Å². The molecule has 14 heavy (non-hydrogen) atoms. The van der Waals surface area contributed by atoms with Crippen molar-refractivity contribution in [1.29, 1.82) is 0 Å². The molecular formula is C11H16N2O. The van der Waals surface area contributed by atoms with Crippen LogP contribution in [0.3, 0.4) is 0 Å². The molecule has 0 amide bonds. The van der Waals surface area contributed by atoms with Gasteiger partial charge in [0.1, 0.15) is 5.75 Å². The van der Waals surface area contributed by atoms with Crippen LogP contribution in [0.5, 0.6) is 5.75 Å². The Hall–Kier alpha value is -1.38. The van der Waals surface area contributed by atoms with Crippen molar-refractivity contribution in [3.05, 3.63) is 18.2 Å². The summed E-state index contributed by atoms with van der Waals surface area (Å²) in [5, 5.41) is 0. The van der Waals surface area contributed by atoms with Crippen molar-refractivity contribution in [3.8, 4) is 5.75 Å². The maximum absolute atomic E-state index is 5.72. The van der Waals surface area contributed by atoms with E-state index in [1.165, 1.54) is 5.69 Å². The van der Waals surface area contributed by atoms with Gasteiger partial charge in [-0.25, -0.2) is 0 Å². The lowest BCUT2D eigenvalue weighted by molar-refractivity contribution is 0.322. The zero-order valence-corrected chi connectivity index (χ0v) is 8.49.